The molecule has 0 N–H and O–H groups in total. The van der Waals surface area contributed by atoms with Gasteiger partial charge in [0.05, 0.1) is 5.41 Å². The van der Waals surface area contributed by atoms with Gasteiger partial charge in [0.1, 0.15) is 0 Å². The van der Waals surface area contributed by atoms with E-state index in [-0.39, 0.29) is 11.3 Å². The van der Waals surface area contributed by atoms with Crippen molar-refractivity contribution in [1.82, 2.24) is 14.9 Å². The fourth-order valence-electron chi connectivity index (χ4n) is 4.65. The lowest BCUT2D eigenvalue weighted by Crippen LogP contribution is -2.67. The number of aromatic nitrogens is 2. The summed E-state index contributed by atoms with van der Waals surface area (Å²) < 4.78 is 0. The van der Waals surface area contributed by atoms with E-state index < -0.39 is 0 Å². The van der Waals surface area contributed by atoms with Crippen molar-refractivity contribution < 1.29 is 4.79 Å². The molecule has 124 valence electrons. The number of β-lactam (4-membered cyclic amide) rings is 1. The van der Waals surface area contributed by atoms with Crippen LogP contribution in [0.2, 0.25) is 0 Å². The molecule has 5 heteroatoms. The Morgan fingerprint density at radius 2 is 1.87 bits per heavy atom. The lowest BCUT2D eigenvalue weighted by Gasteiger charge is -2.52. The van der Waals surface area contributed by atoms with E-state index in [1.807, 2.05) is 0 Å². The quantitative estimate of drug-likeness (QED) is 0.804. The Morgan fingerprint density at radius 1 is 1.09 bits per heavy atom. The monoisotopic (exact) mass is 314 g/mol. The minimum Gasteiger partial charge on any atom is -0.302 e. The van der Waals surface area contributed by atoms with Crippen LogP contribution < -0.4 is 4.90 Å². The van der Waals surface area contributed by atoms with E-state index in [9.17, 15) is 4.79 Å². The number of carbonyl (C=O) groups excluding carboxylic acids is 1. The van der Waals surface area contributed by atoms with Crippen molar-refractivity contribution in [1.29, 1.82) is 0 Å². The van der Waals surface area contributed by atoms with Gasteiger partial charge in [0.2, 0.25) is 11.9 Å². The maximum Gasteiger partial charge on any atom is 0.238 e. The molecule has 5 nitrogen and oxygen atoms in total. The Morgan fingerprint density at radius 3 is 2.61 bits per heavy atom. The molecule has 1 aromatic rings. The zero-order chi connectivity index (χ0) is 15.7. The molecular weight excluding hydrogens is 288 g/mol. The number of likely N-dealkylation sites (tertiary alicyclic amines) is 1. The molecule has 0 aromatic carbocycles. The number of piperidine rings is 1. The summed E-state index contributed by atoms with van der Waals surface area (Å²) in [4.78, 5) is 25.6. The number of nitrogens with zero attached hydrogens (tertiary/aromatic N) is 4. The van der Waals surface area contributed by atoms with Crippen LogP contribution in [-0.4, -0.2) is 47.0 Å². The number of rotatable bonds is 3. The van der Waals surface area contributed by atoms with Gasteiger partial charge in [-0.2, -0.15) is 0 Å². The van der Waals surface area contributed by atoms with Crippen LogP contribution in [-0.2, 0) is 4.79 Å². The molecule has 1 atom stereocenters. The Bertz CT molecular complexity index is 557. The molecule has 23 heavy (non-hydrogen) atoms. The van der Waals surface area contributed by atoms with E-state index in [1.165, 1.54) is 38.6 Å². The highest BCUT2D eigenvalue weighted by molar-refractivity contribution is 6.03. The molecular formula is C18H26N4O. The van der Waals surface area contributed by atoms with Gasteiger partial charge in [-0.3, -0.25) is 9.69 Å². The van der Waals surface area contributed by atoms with Gasteiger partial charge >= 0.3 is 0 Å². The first-order valence-electron chi connectivity index (χ1n) is 9.08. The highest BCUT2D eigenvalue weighted by Crippen LogP contribution is 2.42. The summed E-state index contributed by atoms with van der Waals surface area (Å²) in [5.74, 6) is 1.65. The molecule has 2 saturated heterocycles. The normalized spacial score (nSPS) is 29.7. The summed E-state index contributed by atoms with van der Waals surface area (Å²) in [7, 11) is 0. The van der Waals surface area contributed by atoms with Gasteiger partial charge in [-0.25, -0.2) is 9.97 Å². The van der Waals surface area contributed by atoms with Crippen LogP contribution in [0.5, 0.6) is 0 Å². The molecule has 4 rings (SSSR count). The van der Waals surface area contributed by atoms with Gasteiger partial charge < -0.3 is 4.90 Å². The zero-order valence-electron chi connectivity index (χ0n) is 13.8. The van der Waals surface area contributed by atoms with Crippen LogP contribution in [0, 0.1) is 11.3 Å². The van der Waals surface area contributed by atoms with E-state index in [1.54, 1.807) is 23.4 Å². The van der Waals surface area contributed by atoms with Gasteiger partial charge in [0.25, 0.3) is 0 Å². The Balaban J connectivity index is 1.39. The molecule has 1 aliphatic carbocycles. The minimum atomic E-state index is -0.161. The van der Waals surface area contributed by atoms with Crippen LogP contribution in [0.25, 0.3) is 0 Å². The molecule has 2 aliphatic heterocycles. The van der Waals surface area contributed by atoms with E-state index >= 15 is 0 Å². The van der Waals surface area contributed by atoms with Crippen molar-refractivity contribution in [2.24, 2.45) is 11.3 Å². The SMILES string of the molecule is O=C1N(c2ncccn2)CC12CCCN(CC1CCCCC1)C2. The molecule has 0 radical (unpaired) electrons. The molecule has 0 bridgehead atoms. The van der Waals surface area contributed by atoms with Crippen molar-refractivity contribution in [3.63, 3.8) is 0 Å². The molecule has 1 amide bonds. The number of carbonyl (C=O) groups is 1. The second kappa shape index (κ2) is 6.19. The largest absolute Gasteiger partial charge is 0.302 e. The fourth-order valence-corrected chi connectivity index (χ4v) is 4.65. The Labute approximate surface area is 138 Å². The second-order valence-electron chi connectivity index (χ2n) is 7.56. The highest BCUT2D eigenvalue weighted by Gasteiger charge is 2.55. The first-order valence-corrected chi connectivity index (χ1v) is 9.08. The van der Waals surface area contributed by atoms with Crippen LogP contribution >= 0.6 is 0 Å². The molecule has 3 heterocycles. The average Bonchev–Trinajstić information content (AvgIpc) is 2.61. The lowest BCUT2D eigenvalue weighted by molar-refractivity contribution is -0.139. The Hall–Kier alpha value is -1.49. The van der Waals surface area contributed by atoms with Crippen molar-refractivity contribution in [2.45, 2.75) is 44.9 Å². The van der Waals surface area contributed by atoms with Crippen LogP contribution in [0.4, 0.5) is 5.95 Å². The summed E-state index contributed by atoms with van der Waals surface area (Å²) in [5, 5.41) is 0. The highest BCUT2D eigenvalue weighted by atomic mass is 16.2. The smallest absolute Gasteiger partial charge is 0.238 e. The van der Waals surface area contributed by atoms with E-state index in [0.29, 0.717) is 5.95 Å². The molecule has 1 unspecified atom stereocenters. The van der Waals surface area contributed by atoms with Crippen LogP contribution in [0.3, 0.4) is 0 Å². The third-order valence-corrected chi connectivity index (χ3v) is 5.85. The van der Waals surface area contributed by atoms with Crippen molar-refractivity contribution in [3.05, 3.63) is 18.5 Å². The summed E-state index contributed by atoms with van der Waals surface area (Å²) in [6, 6.07) is 1.79. The van der Waals surface area contributed by atoms with E-state index in [4.69, 9.17) is 0 Å². The second-order valence-corrected chi connectivity index (χ2v) is 7.56. The maximum absolute atomic E-state index is 12.8. The van der Waals surface area contributed by atoms with Crippen LogP contribution in [0.1, 0.15) is 44.9 Å². The summed E-state index contributed by atoms with van der Waals surface area (Å²) in [6.45, 7) is 4.08. The molecule has 1 spiro atoms. The Kier molecular flexibility index (Phi) is 4.05. The molecule has 3 aliphatic rings. The van der Waals surface area contributed by atoms with Gasteiger partial charge in [0, 0.05) is 32.0 Å². The predicted octanol–water partition coefficient (Wildman–Crippen LogP) is 2.49. The molecule has 3 fully saturated rings. The topological polar surface area (TPSA) is 49.3 Å². The third-order valence-electron chi connectivity index (χ3n) is 5.85. The number of hydrogen-bond donors (Lipinski definition) is 0. The molecule has 1 saturated carbocycles. The van der Waals surface area contributed by atoms with Gasteiger partial charge in [0.15, 0.2) is 0 Å². The van der Waals surface area contributed by atoms with Crippen molar-refractivity contribution in [2.75, 3.05) is 31.1 Å². The van der Waals surface area contributed by atoms with Crippen molar-refractivity contribution in [3.8, 4) is 0 Å². The standard InChI is InChI=1S/C18H26N4O/c23-16-18(14-22(16)17-19-9-5-10-20-17)8-4-11-21(13-18)12-15-6-2-1-3-7-15/h5,9-10,15H,1-4,6-8,11-14H2. The first kappa shape index (κ1) is 15.1. The zero-order valence-corrected chi connectivity index (χ0v) is 13.8. The van der Waals surface area contributed by atoms with E-state index in [2.05, 4.69) is 14.9 Å². The molecule has 1 aromatic heterocycles. The number of hydrogen-bond acceptors (Lipinski definition) is 4. The average molecular weight is 314 g/mol. The number of anilines is 1. The predicted molar refractivity (Wildman–Crippen MR) is 89.1 cm³/mol. The fraction of sp³-hybridized carbons (Fsp3) is 0.722. The summed E-state index contributed by atoms with van der Waals surface area (Å²) in [5.41, 5.74) is -0.161. The third kappa shape index (κ3) is 2.87. The summed E-state index contributed by atoms with van der Waals surface area (Å²) in [6.07, 6.45) is 12.5. The number of amides is 1. The van der Waals surface area contributed by atoms with Gasteiger partial charge in [-0.05, 0) is 44.2 Å². The van der Waals surface area contributed by atoms with Gasteiger partial charge in [-0.1, -0.05) is 19.3 Å². The summed E-state index contributed by atoms with van der Waals surface area (Å²) >= 11 is 0. The minimum absolute atomic E-state index is 0.161. The lowest BCUT2D eigenvalue weighted by atomic mass is 9.72. The van der Waals surface area contributed by atoms with Crippen molar-refractivity contribution >= 4 is 11.9 Å². The maximum atomic E-state index is 12.8. The van der Waals surface area contributed by atoms with Crippen LogP contribution in [0.15, 0.2) is 18.5 Å². The van der Waals surface area contributed by atoms with E-state index in [0.717, 1.165) is 38.4 Å². The first-order chi connectivity index (χ1) is 11.3. The van der Waals surface area contributed by atoms with Gasteiger partial charge in [-0.15, -0.1) is 0 Å².